The minimum Gasteiger partial charge on any atom is -0.356 e. The van der Waals surface area contributed by atoms with Crippen LogP contribution >= 0.6 is 0 Å². The quantitative estimate of drug-likeness (QED) is 0.570. The van der Waals surface area contributed by atoms with E-state index in [0.717, 1.165) is 25.1 Å². The highest BCUT2D eigenvalue weighted by atomic mass is 16.1. The van der Waals surface area contributed by atoms with Gasteiger partial charge < -0.3 is 5.32 Å². The summed E-state index contributed by atoms with van der Waals surface area (Å²) in [5, 5.41) is 3.10. The van der Waals surface area contributed by atoms with E-state index in [4.69, 9.17) is 0 Å². The summed E-state index contributed by atoms with van der Waals surface area (Å²) in [4.78, 5) is 18.7. The molecule has 1 aromatic rings. The first kappa shape index (κ1) is 12.5. The van der Waals surface area contributed by atoms with Gasteiger partial charge in [0.05, 0.1) is 5.69 Å². The van der Waals surface area contributed by atoms with Crippen molar-refractivity contribution in [2.24, 2.45) is 0 Å². The van der Waals surface area contributed by atoms with Gasteiger partial charge in [0.15, 0.2) is 0 Å². The summed E-state index contributed by atoms with van der Waals surface area (Å²) in [5.41, 5.74) is 1.38. The molecule has 4 heteroatoms. The minimum absolute atomic E-state index is 0.0774. The third-order valence-corrected chi connectivity index (χ3v) is 2.39. The lowest BCUT2D eigenvalue weighted by Gasteiger charge is -2.07. The molecule has 0 saturated carbocycles. The van der Waals surface area contributed by atoms with Gasteiger partial charge >= 0.3 is 0 Å². The molecule has 0 aliphatic carbocycles. The van der Waals surface area contributed by atoms with Crippen molar-refractivity contribution in [3.05, 3.63) is 34.3 Å². The fourth-order valence-corrected chi connectivity index (χ4v) is 1.46. The standard InChI is InChI=1S/C12H19N3O/c1-4-6-8-13-12-14-9(3)10(7-5-2)11(16)15-12/h5H,2,4,6-8H2,1,3H3,(H2,13,14,15,16). The van der Waals surface area contributed by atoms with Gasteiger partial charge in [-0.25, -0.2) is 4.98 Å². The predicted octanol–water partition coefficient (Wildman–Crippen LogP) is 2.02. The van der Waals surface area contributed by atoms with E-state index in [0.29, 0.717) is 17.9 Å². The lowest BCUT2D eigenvalue weighted by atomic mass is 10.2. The van der Waals surface area contributed by atoms with Gasteiger partial charge in [0.1, 0.15) is 0 Å². The molecule has 0 spiro atoms. The van der Waals surface area contributed by atoms with Crippen LogP contribution in [0.2, 0.25) is 0 Å². The van der Waals surface area contributed by atoms with Crippen molar-refractivity contribution < 1.29 is 0 Å². The van der Waals surface area contributed by atoms with Crippen molar-refractivity contribution in [1.29, 1.82) is 0 Å². The fraction of sp³-hybridized carbons (Fsp3) is 0.500. The first-order valence-corrected chi connectivity index (χ1v) is 5.63. The van der Waals surface area contributed by atoms with Crippen molar-refractivity contribution in [1.82, 2.24) is 9.97 Å². The minimum atomic E-state index is -0.0774. The van der Waals surface area contributed by atoms with Gasteiger partial charge in [-0.15, -0.1) is 6.58 Å². The second-order valence-electron chi connectivity index (χ2n) is 3.75. The zero-order valence-electron chi connectivity index (χ0n) is 9.97. The van der Waals surface area contributed by atoms with Crippen LogP contribution in [0.5, 0.6) is 0 Å². The molecule has 1 rings (SSSR count). The Bertz CT molecular complexity index is 409. The van der Waals surface area contributed by atoms with Crippen molar-refractivity contribution in [3.8, 4) is 0 Å². The first-order valence-electron chi connectivity index (χ1n) is 5.63. The van der Waals surface area contributed by atoms with E-state index in [-0.39, 0.29) is 5.56 Å². The Hall–Kier alpha value is -1.58. The summed E-state index contributed by atoms with van der Waals surface area (Å²) in [5.74, 6) is 0.559. The van der Waals surface area contributed by atoms with E-state index >= 15 is 0 Å². The van der Waals surface area contributed by atoms with Gasteiger partial charge in [-0.05, 0) is 19.8 Å². The molecule has 0 radical (unpaired) electrons. The molecule has 1 heterocycles. The van der Waals surface area contributed by atoms with E-state index in [9.17, 15) is 4.79 Å². The molecular weight excluding hydrogens is 202 g/mol. The summed E-state index contributed by atoms with van der Waals surface area (Å²) in [6.07, 6.45) is 4.45. The number of nitrogens with one attached hydrogen (secondary N) is 2. The van der Waals surface area contributed by atoms with Gasteiger partial charge in [-0.2, -0.15) is 0 Å². The summed E-state index contributed by atoms with van der Waals surface area (Å²) in [6.45, 7) is 8.43. The van der Waals surface area contributed by atoms with Crippen molar-refractivity contribution in [3.63, 3.8) is 0 Å². The predicted molar refractivity (Wildman–Crippen MR) is 66.9 cm³/mol. The van der Waals surface area contributed by atoms with Gasteiger partial charge in [-0.3, -0.25) is 9.78 Å². The number of nitrogens with zero attached hydrogens (tertiary/aromatic N) is 1. The maximum Gasteiger partial charge on any atom is 0.256 e. The van der Waals surface area contributed by atoms with Crippen LogP contribution in [-0.2, 0) is 6.42 Å². The van der Waals surface area contributed by atoms with Crippen LogP contribution in [0.3, 0.4) is 0 Å². The summed E-state index contributed by atoms with van der Waals surface area (Å²) in [7, 11) is 0. The van der Waals surface area contributed by atoms with Gasteiger partial charge in [0, 0.05) is 12.1 Å². The zero-order chi connectivity index (χ0) is 12.0. The second-order valence-corrected chi connectivity index (χ2v) is 3.75. The number of allylic oxidation sites excluding steroid dienone is 1. The topological polar surface area (TPSA) is 57.8 Å². The number of unbranched alkanes of at least 4 members (excludes halogenated alkanes) is 1. The van der Waals surface area contributed by atoms with E-state index in [1.165, 1.54) is 0 Å². The number of hydrogen-bond donors (Lipinski definition) is 2. The Morgan fingerprint density at radius 3 is 2.88 bits per heavy atom. The molecule has 16 heavy (non-hydrogen) atoms. The van der Waals surface area contributed by atoms with Crippen molar-refractivity contribution in [2.45, 2.75) is 33.1 Å². The third kappa shape index (κ3) is 3.22. The Balaban J connectivity index is 2.83. The molecule has 0 amide bonds. The Morgan fingerprint density at radius 1 is 1.56 bits per heavy atom. The molecule has 0 aliphatic rings. The summed E-state index contributed by atoms with van der Waals surface area (Å²) < 4.78 is 0. The van der Waals surface area contributed by atoms with Crippen LogP contribution in [0.1, 0.15) is 31.0 Å². The summed E-state index contributed by atoms with van der Waals surface area (Å²) in [6, 6.07) is 0. The van der Waals surface area contributed by atoms with Gasteiger partial charge in [0.2, 0.25) is 5.95 Å². The number of H-pyrrole nitrogens is 1. The molecule has 0 aromatic carbocycles. The number of anilines is 1. The van der Waals surface area contributed by atoms with Crippen molar-refractivity contribution >= 4 is 5.95 Å². The van der Waals surface area contributed by atoms with E-state index < -0.39 is 0 Å². The molecule has 1 aromatic heterocycles. The van der Waals surface area contributed by atoms with Crippen LogP contribution in [-0.4, -0.2) is 16.5 Å². The second kappa shape index (κ2) is 6.10. The molecule has 88 valence electrons. The molecule has 0 fully saturated rings. The normalized spacial score (nSPS) is 10.1. The monoisotopic (exact) mass is 221 g/mol. The number of aromatic nitrogens is 2. The highest BCUT2D eigenvalue weighted by molar-refractivity contribution is 5.29. The highest BCUT2D eigenvalue weighted by Crippen LogP contribution is 2.03. The largest absolute Gasteiger partial charge is 0.356 e. The Labute approximate surface area is 95.8 Å². The Morgan fingerprint density at radius 2 is 2.31 bits per heavy atom. The number of rotatable bonds is 6. The van der Waals surface area contributed by atoms with Crippen LogP contribution in [0.4, 0.5) is 5.95 Å². The lowest BCUT2D eigenvalue weighted by molar-refractivity contribution is 0.822. The molecule has 0 atom stereocenters. The number of aromatic amines is 1. The highest BCUT2D eigenvalue weighted by Gasteiger charge is 2.05. The molecule has 0 aliphatic heterocycles. The van der Waals surface area contributed by atoms with Crippen LogP contribution in [0.25, 0.3) is 0 Å². The number of aryl methyl sites for hydroxylation is 1. The van der Waals surface area contributed by atoms with Crippen molar-refractivity contribution in [2.75, 3.05) is 11.9 Å². The van der Waals surface area contributed by atoms with Gasteiger partial charge in [-0.1, -0.05) is 19.4 Å². The first-order chi connectivity index (χ1) is 7.69. The molecular formula is C12H19N3O. The third-order valence-electron chi connectivity index (χ3n) is 2.39. The molecule has 4 nitrogen and oxygen atoms in total. The van der Waals surface area contributed by atoms with Crippen LogP contribution in [0.15, 0.2) is 17.4 Å². The SMILES string of the molecule is C=CCc1c(C)nc(NCCCC)[nH]c1=O. The maximum atomic E-state index is 11.7. The molecule has 0 bridgehead atoms. The average Bonchev–Trinajstić information content (AvgIpc) is 2.24. The smallest absolute Gasteiger partial charge is 0.256 e. The van der Waals surface area contributed by atoms with E-state index in [2.05, 4.69) is 28.8 Å². The zero-order valence-corrected chi connectivity index (χ0v) is 9.97. The summed E-state index contributed by atoms with van der Waals surface area (Å²) >= 11 is 0. The van der Waals surface area contributed by atoms with E-state index in [1.54, 1.807) is 6.08 Å². The maximum absolute atomic E-state index is 11.7. The number of hydrogen-bond acceptors (Lipinski definition) is 3. The Kier molecular flexibility index (Phi) is 4.76. The fourth-order valence-electron chi connectivity index (χ4n) is 1.46. The lowest BCUT2D eigenvalue weighted by Crippen LogP contribution is -2.19. The average molecular weight is 221 g/mol. The van der Waals surface area contributed by atoms with Crippen LogP contribution < -0.4 is 10.9 Å². The van der Waals surface area contributed by atoms with Crippen LogP contribution in [0, 0.1) is 6.92 Å². The molecule has 0 saturated heterocycles. The molecule has 2 N–H and O–H groups in total. The van der Waals surface area contributed by atoms with Gasteiger partial charge in [0.25, 0.3) is 5.56 Å². The molecule has 0 unspecified atom stereocenters. The van der Waals surface area contributed by atoms with E-state index in [1.807, 2.05) is 6.92 Å².